The van der Waals surface area contributed by atoms with Gasteiger partial charge in [-0.1, -0.05) is 13.8 Å². The number of hydrogen-bond donors (Lipinski definition) is 1. The van der Waals surface area contributed by atoms with Crippen LogP contribution >= 0.6 is 0 Å². The van der Waals surface area contributed by atoms with Crippen LogP contribution in [0.4, 0.5) is 0 Å². The van der Waals surface area contributed by atoms with Gasteiger partial charge in [-0.3, -0.25) is 4.90 Å². The first-order chi connectivity index (χ1) is 7.61. The fourth-order valence-corrected chi connectivity index (χ4v) is 2.23. The van der Waals surface area contributed by atoms with E-state index in [9.17, 15) is 0 Å². The van der Waals surface area contributed by atoms with E-state index >= 15 is 0 Å². The molecule has 4 heteroatoms. The van der Waals surface area contributed by atoms with Crippen LogP contribution in [0.2, 0.25) is 0 Å². The minimum absolute atomic E-state index is 0.351. The van der Waals surface area contributed by atoms with Crippen molar-refractivity contribution in [2.45, 2.75) is 20.0 Å². The fourth-order valence-electron chi connectivity index (χ4n) is 2.23. The molecule has 96 valence electrons. The fraction of sp³-hybridized carbons (Fsp3) is 1.00. The normalized spacial score (nSPS) is 23.2. The quantitative estimate of drug-likeness (QED) is 0.708. The van der Waals surface area contributed by atoms with Gasteiger partial charge >= 0.3 is 0 Å². The maximum Gasteiger partial charge on any atom is 0.0829 e. The minimum Gasteiger partial charge on any atom is -0.374 e. The molecule has 1 aliphatic rings. The highest BCUT2D eigenvalue weighted by Gasteiger charge is 2.21. The van der Waals surface area contributed by atoms with E-state index in [4.69, 9.17) is 10.5 Å². The van der Waals surface area contributed by atoms with Crippen molar-refractivity contribution >= 4 is 0 Å². The Morgan fingerprint density at radius 3 is 2.88 bits per heavy atom. The van der Waals surface area contributed by atoms with Crippen molar-refractivity contribution in [3.8, 4) is 0 Å². The van der Waals surface area contributed by atoms with Crippen LogP contribution < -0.4 is 5.73 Å². The molecule has 0 aromatic carbocycles. The van der Waals surface area contributed by atoms with E-state index in [1.165, 1.54) is 6.54 Å². The average Bonchev–Trinajstić information content (AvgIpc) is 2.17. The summed E-state index contributed by atoms with van der Waals surface area (Å²) >= 11 is 0. The van der Waals surface area contributed by atoms with Gasteiger partial charge in [0.15, 0.2) is 0 Å². The first-order valence-corrected chi connectivity index (χ1v) is 6.34. The van der Waals surface area contributed by atoms with Gasteiger partial charge in [0.1, 0.15) is 0 Å². The molecule has 0 bridgehead atoms. The zero-order chi connectivity index (χ0) is 12.0. The van der Waals surface area contributed by atoms with Gasteiger partial charge in [0, 0.05) is 39.3 Å². The molecule has 0 aliphatic carbocycles. The van der Waals surface area contributed by atoms with Gasteiger partial charge < -0.3 is 15.4 Å². The summed E-state index contributed by atoms with van der Waals surface area (Å²) in [5.41, 5.74) is 5.53. The zero-order valence-corrected chi connectivity index (χ0v) is 11.0. The van der Waals surface area contributed by atoms with Crippen LogP contribution in [0.5, 0.6) is 0 Å². The molecule has 0 radical (unpaired) electrons. The molecule has 0 spiro atoms. The number of hydrogen-bond acceptors (Lipinski definition) is 4. The van der Waals surface area contributed by atoms with E-state index in [0.29, 0.717) is 6.10 Å². The minimum atomic E-state index is 0.351. The van der Waals surface area contributed by atoms with Gasteiger partial charge in [-0.05, 0) is 13.0 Å². The molecular formula is C12H27N3O. The highest BCUT2D eigenvalue weighted by molar-refractivity contribution is 4.74. The van der Waals surface area contributed by atoms with Crippen LogP contribution in [0, 0.1) is 5.92 Å². The lowest BCUT2D eigenvalue weighted by atomic mass is 10.1. The predicted molar refractivity (Wildman–Crippen MR) is 67.6 cm³/mol. The van der Waals surface area contributed by atoms with E-state index in [1.807, 2.05) is 0 Å². The van der Waals surface area contributed by atoms with Crippen molar-refractivity contribution < 1.29 is 4.74 Å². The molecule has 0 amide bonds. The Morgan fingerprint density at radius 1 is 1.50 bits per heavy atom. The van der Waals surface area contributed by atoms with Crippen LogP contribution in [0.1, 0.15) is 13.8 Å². The lowest BCUT2D eigenvalue weighted by Gasteiger charge is -2.35. The number of nitrogens with zero attached hydrogens (tertiary/aromatic N) is 2. The Morgan fingerprint density at radius 2 is 2.25 bits per heavy atom. The molecule has 1 saturated heterocycles. The molecule has 1 rings (SSSR count). The third-order valence-electron chi connectivity index (χ3n) is 2.87. The van der Waals surface area contributed by atoms with E-state index < -0.39 is 0 Å². The number of nitrogens with two attached hydrogens (primary N) is 1. The summed E-state index contributed by atoms with van der Waals surface area (Å²) in [6.45, 7) is 11.4. The smallest absolute Gasteiger partial charge is 0.0829 e. The summed E-state index contributed by atoms with van der Waals surface area (Å²) in [6.07, 6.45) is 0.351. The molecule has 1 aliphatic heterocycles. The molecule has 1 unspecified atom stereocenters. The molecule has 0 saturated carbocycles. The van der Waals surface area contributed by atoms with Crippen molar-refractivity contribution in [2.24, 2.45) is 11.7 Å². The highest BCUT2D eigenvalue weighted by Crippen LogP contribution is 2.08. The number of rotatable bonds is 6. The molecule has 1 heterocycles. The Bertz CT molecular complexity index is 187. The van der Waals surface area contributed by atoms with Crippen molar-refractivity contribution in [3.63, 3.8) is 0 Å². The summed E-state index contributed by atoms with van der Waals surface area (Å²) in [5, 5.41) is 0. The van der Waals surface area contributed by atoms with Gasteiger partial charge in [0.25, 0.3) is 0 Å². The summed E-state index contributed by atoms with van der Waals surface area (Å²) in [7, 11) is 2.11. The number of likely N-dealkylation sites (N-methyl/N-ethyl adjacent to an activating group) is 1. The molecule has 4 nitrogen and oxygen atoms in total. The van der Waals surface area contributed by atoms with Crippen LogP contribution in [-0.2, 0) is 4.74 Å². The molecule has 2 N–H and O–H groups in total. The van der Waals surface area contributed by atoms with Crippen molar-refractivity contribution in [3.05, 3.63) is 0 Å². The Balaban J connectivity index is 2.27. The molecule has 1 fully saturated rings. The Hall–Kier alpha value is -0.160. The van der Waals surface area contributed by atoms with E-state index in [2.05, 4.69) is 30.7 Å². The first-order valence-electron chi connectivity index (χ1n) is 6.34. The van der Waals surface area contributed by atoms with Crippen molar-refractivity contribution in [2.75, 3.05) is 52.9 Å². The Kier molecular flexibility index (Phi) is 6.28. The van der Waals surface area contributed by atoms with Crippen LogP contribution in [0.25, 0.3) is 0 Å². The summed E-state index contributed by atoms with van der Waals surface area (Å²) in [4.78, 5) is 4.76. The maximum absolute atomic E-state index is 5.78. The Labute approximate surface area is 99.7 Å². The van der Waals surface area contributed by atoms with Gasteiger partial charge in [0.2, 0.25) is 0 Å². The lowest BCUT2D eigenvalue weighted by molar-refractivity contribution is -0.0429. The monoisotopic (exact) mass is 229 g/mol. The van der Waals surface area contributed by atoms with E-state index in [0.717, 1.165) is 45.2 Å². The molecule has 0 aromatic heterocycles. The maximum atomic E-state index is 5.78. The molecule has 1 atom stereocenters. The first kappa shape index (κ1) is 13.9. The summed E-state index contributed by atoms with van der Waals surface area (Å²) in [6, 6.07) is 0. The van der Waals surface area contributed by atoms with E-state index in [-0.39, 0.29) is 0 Å². The summed E-state index contributed by atoms with van der Waals surface area (Å²) < 4.78 is 5.78. The second-order valence-electron chi connectivity index (χ2n) is 5.20. The predicted octanol–water partition coefficient (Wildman–Crippen LogP) is 0.234. The van der Waals surface area contributed by atoms with Gasteiger partial charge in [0.05, 0.1) is 12.7 Å². The summed E-state index contributed by atoms with van der Waals surface area (Å²) in [5.74, 6) is 0.737. The largest absolute Gasteiger partial charge is 0.374 e. The third-order valence-corrected chi connectivity index (χ3v) is 2.87. The molecule has 0 aromatic rings. The standard InChI is InChI=1S/C12H27N3O/c1-11(2)8-15-6-7-16-12(10-15)9-14(3)5-4-13/h11-12H,4-10,13H2,1-3H3. The third kappa shape index (κ3) is 5.25. The van der Waals surface area contributed by atoms with Gasteiger partial charge in [-0.15, -0.1) is 0 Å². The van der Waals surface area contributed by atoms with E-state index in [1.54, 1.807) is 0 Å². The van der Waals surface area contributed by atoms with Crippen LogP contribution in [-0.4, -0.2) is 68.8 Å². The van der Waals surface area contributed by atoms with Gasteiger partial charge in [-0.25, -0.2) is 0 Å². The molecular weight excluding hydrogens is 202 g/mol. The second-order valence-corrected chi connectivity index (χ2v) is 5.20. The van der Waals surface area contributed by atoms with Gasteiger partial charge in [-0.2, -0.15) is 0 Å². The number of ether oxygens (including phenoxy) is 1. The van der Waals surface area contributed by atoms with Crippen LogP contribution in [0.15, 0.2) is 0 Å². The van der Waals surface area contributed by atoms with Crippen LogP contribution in [0.3, 0.4) is 0 Å². The highest BCUT2D eigenvalue weighted by atomic mass is 16.5. The lowest BCUT2D eigenvalue weighted by Crippen LogP contribution is -2.48. The van der Waals surface area contributed by atoms with Crippen molar-refractivity contribution in [1.82, 2.24) is 9.80 Å². The second kappa shape index (κ2) is 7.22. The number of morpholine rings is 1. The SMILES string of the molecule is CC(C)CN1CCOC(CN(C)CCN)C1. The average molecular weight is 229 g/mol. The zero-order valence-electron chi connectivity index (χ0n) is 11.0. The van der Waals surface area contributed by atoms with Crippen molar-refractivity contribution in [1.29, 1.82) is 0 Å². The molecule has 16 heavy (non-hydrogen) atoms. The topological polar surface area (TPSA) is 41.7 Å².